The van der Waals surface area contributed by atoms with E-state index in [-0.39, 0.29) is 5.82 Å². The largest absolute Gasteiger partial charge is 0.493 e. The maximum Gasteiger partial charge on any atom is 0.123 e. The highest BCUT2D eigenvalue weighted by molar-refractivity contribution is 14.1. The second-order valence-electron chi connectivity index (χ2n) is 6.88. The van der Waals surface area contributed by atoms with E-state index in [2.05, 4.69) is 47.7 Å². The summed E-state index contributed by atoms with van der Waals surface area (Å²) < 4.78 is 20.3. The van der Waals surface area contributed by atoms with Crippen molar-refractivity contribution in [2.75, 3.05) is 11.0 Å². The van der Waals surface area contributed by atoms with Crippen molar-refractivity contribution in [3.05, 3.63) is 70.0 Å². The van der Waals surface area contributed by atoms with Gasteiger partial charge < -0.3 is 4.74 Å². The lowest BCUT2D eigenvalue weighted by molar-refractivity contribution is 0.320. The summed E-state index contributed by atoms with van der Waals surface area (Å²) in [6, 6.07) is 13.1. The van der Waals surface area contributed by atoms with Gasteiger partial charge in [-0.2, -0.15) is 0 Å². The first kappa shape index (κ1) is 18.9. The Balaban J connectivity index is 1.39. The average molecular weight is 493 g/mol. The second kappa shape index (κ2) is 8.27. The van der Waals surface area contributed by atoms with Crippen molar-refractivity contribution in [2.45, 2.75) is 32.1 Å². The highest BCUT2D eigenvalue weighted by Gasteiger charge is 2.21. The minimum atomic E-state index is -0.222. The second-order valence-corrected chi connectivity index (χ2v) is 8.96. The van der Waals surface area contributed by atoms with Gasteiger partial charge in [-0.3, -0.25) is 0 Å². The van der Waals surface area contributed by atoms with Crippen LogP contribution < -0.4 is 4.74 Å². The molecule has 2 nitrogen and oxygen atoms in total. The van der Waals surface area contributed by atoms with Crippen LogP contribution in [0.25, 0.3) is 10.6 Å². The molecule has 1 atom stereocenters. The molecule has 140 valence electrons. The molecule has 0 unspecified atom stereocenters. The summed E-state index contributed by atoms with van der Waals surface area (Å²) in [5, 5.41) is 0.935. The third-order valence-corrected chi connectivity index (χ3v) is 7.22. The molecule has 0 amide bonds. The summed E-state index contributed by atoms with van der Waals surface area (Å²) in [6.45, 7) is 2.70. The number of hydrogen-bond donors (Lipinski definition) is 0. The van der Waals surface area contributed by atoms with Crippen LogP contribution >= 0.6 is 33.9 Å². The average Bonchev–Trinajstić information content (AvgIpc) is 3.25. The van der Waals surface area contributed by atoms with Crippen LogP contribution in [0.2, 0.25) is 0 Å². The maximum atomic E-state index is 13.1. The number of alkyl halides is 1. The van der Waals surface area contributed by atoms with Crippen molar-refractivity contribution >= 4 is 33.9 Å². The Kier molecular flexibility index (Phi) is 5.78. The van der Waals surface area contributed by atoms with Gasteiger partial charge in [-0.15, -0.1) is 11.3 Å². The number of rotatable bonds is 6. The Morgan fingerprint density at radius 3 is 2.81 bits per heavy atom. The first-order chi connectivity index (χ1) is 13.1. The number of nitrogens with zero attached hydrogens (tertiary/aromatic N) is 1. The number of halogens is 2. The van der Waals surface area contributed by atoms with E-state index in [4.69, 9.17) is 9.72 Å². The molecule has 0 radical (unpaired) electrons. The SMILES string of the molecule is Cc1sc(-c2ccc(F)cc2)nc1CCOc1ccc2c(c1)CC[C@H]2CI. The lowest BCUT2D eigenvalue weighted by Crippen LogP contribution is -2.03. The summed E-state index contributed by atoms with van der Waals surface area (Å²) in [6.07, 6.45) is 3.19. The Morgan fingerprint density at radius 2 is 2.04 bits per heavy atom. The smallest absolute Gasteiger partial charge is 0.123 e. The third-order valence-electron chi connectivity index (χ3n) is 5.09. The molecule has 27 heavy (non-hydrogen) atoms. The molecule has 0 aliphatic heterocycles. The highest BCUT2D eigenvalue weighted by atomic mass is 127. The van der Waals surface area contributed by atoms with Crippen LogP contribution in [0.1, 0.15) is 34.0 Å². The van der Waals surface area contributed by atoms with Crippen LogP contribution in [0.15, 0.2) is 42.5 Å². The van der Waals surface area contributed by atoms with Crippen LogP contribution in [0.4, 0.5) is 4.39 Å². The number of ether oxygens (including phenoxy) is 1. The molecule has 2 aromatic carbocycles. The van der Waals surface area contributed by atoms with E-state index in [1.807, 2.05) is 0 Å². The molecule has 0 spiro atoms. The summed E-state index contributed by atoms with van der Waals surface area (Å²) in [5.41, 5.74) is 4.96. The van der Waals surface area contributed by atoms with E-state index in [0.29, 0.717) is 12.5 Å². The topological polar surface area (TPSA) is 22.1 Å². The van der Waals surface area contributed by atoms with Crippen molar-refractivity contribution in [2.24, 2.45) is 0 Å². The zero-order chi connectivity index (χ0) is 18.8. The van der Waals surface area contributed by atoms with Crippen molar-refractivity contribution < 1.29 is 9.13 Å². The first-order valence-corrected chi connectivity index (χ1v) is 11.5. The standard InChI is InChI=1S/C22H21FINOS/c1-14-21(25-22(27-14)15-4-6-18(23)7-5-15)10-11-26-19-8-9-20-16(12-19)2-3-17(20)13-24/h4-9,12,17H,2-3,10-11,13H2,1H3/t17-/m0/s1. The molecule has 5 heteroatoms. The van der Waals surface area contributed by atoms with Gasteiger partial charge in [0.15, 0.2) is 0 Å². The minimum Gasteiger partial charge on any atom is -0.493 e. The van der Waals surface area contributed by atoms with Gasteiger partial charge in [0.1, 0.15) is 16.6 Å². The fourth-order valence-corrected chi connectivity index (χ4v) is 5.45. The summed E-state index contributed by atoms with van der Waals surface area (Å²) in [4.78, 5) is 5.93. The number of aryl methyl sites for hydroxylation is 2. The summed E-state index contributed by atoms with van der Waals surface area (Å²) in [7, 11) is 0. The number of fused-ring (bicyclic) bond motifs is 1. The molecule has 1 aliphatic carbocycles. The normalized spacial score (nSPS) is 15.7. The number of benzene rings is 2. The lowest BCUT2D eigenvalue weighted by atomic mass is 10.0. The van der Waals surface area contributed by atoms with Crippen LogP contribution in [0.5, 0.6) is 5.75 Å². The maximum absolute atomic E-state index is 13.1. The van der Waals surface area contributed by atoms with E-state index >= 15 is 0 Å². The van der Waals surface area contributed by atoms with Crippen molar-refractivity contribution in [1.82, 2.24) is 4.98 Å². The summed E-state index contributed by atoms with van der Waals surface area (Å²) in [5.74, 6) is 1.44. The molecule has 1 aliphatic rings. The van der Waals surface area contributed by atoms with Crippen LogP contribution in [-0.4, -0.2) is 16.0 Å². The molecule has 0 N–H and O–H groups in total. The molecule has 3 aromatic rings. The first-order valence-electron chi connectivity index (χ1n) is 9.18. The molecular formula is C22H21FINOS. The number of thiazole rings is 1. The Hall–Kier alpha value is -1.47. The lowest BCUT2D eigenvalue weighted by Gasteiger charge is -2.10. The summed E-state index contributed by atoms with van der Waals surface area (Å²) >= 11 is 4.13. The highest BCUT2D eigenvalue weighted by Crippen LogP contribution is 2.36. The van der Waals surface area contributed by atoms with E-state index in [0.717, 1.165) is 34.9 Å². The van der Waals surface area contributed by atoms with Crippen molar-refractivity contribution in [3.63, 3.8) is 0 Å². The zero-order valence-electron chi connectivity index (χ0n) is 15.2. The molecule has 1 heterocycles. The van der Waals surface area contributed by atoms with Gasteiger partial charge in [0.25, 0.3) is 0 Å². The van der Waals surface area contributed by atoms with E-state index in [1.165, 1.54) is 39.0 Å². The number of aromatic nitrogens is 1. The third kappa shape index (κ3) is 4.19. The van der Waals surface area contributed by atoms with Crippen LogP contribution in [0, 0.1) is 12.7 Å². The van der Waals surface area contributed by atoms with Crippen molar-refractivity contribution in [3.8, 4) is 16.3 Å². The fourth-order valence-electron chi connectivity index (χ4n) is 3.57. The predicted octanol–water partition coefficient (Wildman–Crippen LogP) is 6.34. The minimum absolute atomic E-state index is 0.222. The molecule has 0 bridgehead atoms. The van der Waals surface area contributed by atoms with Crippen molar-refractivity contribution in [1.29, 1.82) is 0 Å². The van der Waals surface area contributed by atoms with Gasteiger partial charge in [0, 0.05) is 21.3 Å². The van der Waals surface area contributed by atoms with Crippen LogP contribution in [0.3, 0.4) is 0 Å². The Morgan fingerprint density at radius 1 is 1.22 bits per heavy atom. The molecule has 0 fully saturated rings. The van der Waals surface area contributed by atoms with Gasteiger partial charge in [-0.1, -0.05) is 28.7 Å². The molecular weight excluding hydrogens is 472 g/mol. The monoisotopic (exact) mass is 493 g/mol. The van der Waals surface area contributed by atoms with Gasteiger partial charge in [0.05, 0.1) is 12.3 Å². The van der Waals surface area contributed by atoms with Gasteiger partial charge in [0.2, 0.25) is 0 Å². The predicted molar refractivity (Wildman–Crippen MR) is 118 cm³/mol. The molecule has 0 saturated heterocycles. The zero-order valence-corrected chi connectivity index (χ0v) is 18.1. The Labute approximate surface area is 176 Å². The van der Waals surface area contributed by atoms with E-state index in [1.54, 1.807) is 23.5 Å². The van der Waals surface area contributed by atoms with E-state index in [9.17, 15) is 4.39 Å². The Bertz CT molecular complexity index is 938. The molecule has 1 aromatic heterocycles. The van der Waals surface area contributed by atoms with Gasteiger partial charge in [-0.05, 0) is 73.2 Å². The quantitative estimate of drug-likeness (QED) is 0.295. The van der Waals surface area contributed by atoms with Crippen LogP contribution in [-0.2, 0) is 12.8 Å². The van der Waals surface area contributed by atoms with Gasteiger partial charge >= 0.3 is 0 Å². The van der Waals surface area contributed by atoms with Gasteiger partial charge in [-0.25, -0.2) is 9.37 Å². The molecule has 0 saturated carbocycles. The van der Waals surface area contributed by atoms with E-state index < -0.39 is 0 Å². The molecule has 4 rings (SSSR count). The fraction of sp³-hybridized carbons (Fsp3) is 0.318. The number of hydrogen-bond acceptors (Lipinski definition) is 3.